The summed E-state index contributed by atoms with van der Waals surface area (Å²) in [5, 5.41) is 15.9. The van der Waals surface area contributed by atoms with Crippen LogP contribution in [0.2, 0.25) is 10.0 Å². The number of hydrogen-bond donors (Lipinski definition) is 1. The zero-order valence-corrected chi connectivity index (χ0v) is 24.2. The van der Waals surface area contributed by atoms with Crippen LogP contribution in [-0.2, 0) is 18.0 Å². The maximum atomic E-state index is 13.0. The van der Waals surface area contributed by atoms with Gasteiger partial charge in [0, 0.05) is 32.4 Å². The lowest BCUT2D eigenvalue weighted by Gasteiger charge is -2.14. The Labute approximate surface area is 254 Å². The van der Waals surface area contributed by atoms with Crippen molar-refractivity contribution in [1.29, 1.82) is 5.26 Å². The van der Waals surface area contributed by atoms with Crippen molar-refractivity contribution in [2.75, 3.05) is 5.32 Å². The van der Waals surface area contributed by atoms with E-state index in [1.807, 2.05) is 49.4 Å². The number of nitriles is 1. The fourth-order valence-electron chi connectivity index (χ4n) is 4.46. The topological polar surface area (TPSA) is 71.3 Å². The molecule has 0 radical (unpaired) electrons. The predicted molar refractivity (Wildman–Crippen MR) is 169 cm³/mol. The van der Waals surface area contributed by atoms with Crippen LogP contribution in [0.25, 0.3) is 16.8 Å². The number of aryl methyl sites for hydroxylation is 1. The number of carbonyl (C=O) groups excluding carboxylic acids is 1. The number of benzene rings is 5. The second-order valence-electron chi connectivity index (χ2n) is 9.58. The molecule has 0 saturated heterocycles. The first-order chi connectivity index (χ1) is 20.4. The van der Waals surface area contributed by atoms with Crippen LogP contribution in [0, 0.1) is 18.3 Å². The SMILES string of the molecule is Cc1ccc2ccccc2c1COc1ccc(Cl)cc1/C=C(\C#N)C(=O)Nc1ccc(OCc2ccccc2Cl)cc1. The molecule has 0 unspecified atom stereocenters. The summed E-state index contributed by atoms with van der Waals surface area (Å²) in [6, 6.07) is 33.8. The Kier molecular flexibility index (Phi) is 9.08. The number of anilines is 1. The fraction of sp³-hybridized carbons (Fsp3) is 0.0857. The van der Waals surface area contributed by atoms with E-state index in [1.54, 1.807) is 42.5 Å². The number of hydrogen-bond acceptors (Lipinski definition) is 4. The van der Waals surface area contributed by atoms with Crippen molar-refractivity contribution in [2.45, 2.75) is 20.1 Å². The Balaban J connectivity index is 1.29. The van der Waals surface area contributed by atoms with E-state index in [0.717, 1.165) is 27.5 Å². The highest BCUT2D eigenvalue weighted by atomic mass is 35.5. The first-order valence-corrected chi connectivity index (χ1v) is 14.0. The summed E-state index contributed by atoms with van der Waals surface area (Å²) in [5.74, 6) is 0.566. The molecule has 42 heavy (non-hydrogen) atoms. The first kappa shape index (κ1) is 28.8. The maximum Gasteiger partial charge on any atom is 0.266 e. The highest BCUT2D eigenvalue weighted by Crippen LogP contribution is 2.29. The van der Waals surface area contributed by atoms with Crippen molar-refractivity contribution in [1.82, 2.24) is 0 Å². The summed E-state index contributed by atoms with van der Waals surface area (Å²) in [7, 11) is 0. The van der Waals surface area contributed by atoms with Gasteiger partial charge in [0.2, 0.25) is 0 Å². The van der Waals surface area contributed by atoms with Crippen LogP contribution in [-0.4, -0.2) is 5.91 Å². The zero-order chi connectivity index (χ0) is 29.5. The van der Waals surface area contributed by atoms with Gasteiger partial charge in [0.25, 0.3) is 5.91 Å². The predicted octanol–water partition coefficient (Wildman–Crippen LogP) is 9.16. The van der Waals surface area contributed by atoms with Gasteiger partial charge in [0.05, 0.1) is 0 Å². The summed E-state index contributed by atoms with van der Waals surface area (Å²) in [4.78, 5) is 13.0. The molecular formula is C35H26Cl2N2O3. The van der Waals surface area contributed by atoms with Gasteiger partial charge in [0.1, 0.15) is 36.4 Å². The van der Waals surface area contributed by atoms with Crippen LogP contribution in [0.5, 0.6) is 11.5 Å². The summed E-state index contributed by atoms with van der Waals surface area (Å²) in [5.41, 5.74) is 3.99. The van der Waals surface area contributed by atoms with E-state index in [2.05, 4.69) is 29.6 Å². The van der Waals surface area contributed by atoms with E-state index in [-0.39, 0.29) is 5.57 Å². The minimum absolute atomic E-state index is 0.0949. The second kappa shape index (κ2) is 13.3. The Bertz CT molecular complexity index is 1830. The van der Waals surface area contributed by atoms with Crippen LogP contribution in [0.3, 0.4) is 0 Å². The molecule has 5 rings (SSSR count). The molecule has 0 aliphatic rings. The molecule has 1 amide bonds. The van der Waals surface area contributed by atoms with Gasteiger partial charge >= 0.3 is 0 Å². The third-order valence-corrected chi connectivity index (χ3v) is 7.35. The van der Waals surface area contributed by atoms with Gasteiger partial charge in [0.15, 0.2) is 0 Å². The van der Waals surface area contributed by atoms with E-state index >= 15 is 0 Å². The average molecular weight is 594 g/mol. The smallest absolute Gasteiger partial charge is 0.266 e. The highest BCUT2D eigenvalue weighted by Gasteiger charge is 2.14. The second-order valence-corrected chi connectivity index (χ2v) is 10.4. The monoisotopic (exact) mass is 592 g/mol. The number of carbonyl (C=O) groups is 1. The summed E-state index contributed by atoms with van der Waals surface area (Å²) < 4.78 is 12.0. The molecule has 5 nitrogen and oxygen atoms in total. The van der Waals surface area contributed by atoms with E-state index in [4.69, 9.17) is 32.7 Å². The summed E-state index contributed by atoms with van der Waals surface area (Å²) >= 11 is 12.5. The minimum Gasteiger partial charge on any atom is -0.489 e. The lowest BCUT2D eigenvalue weighted by atomic mass is 10.0. The zero-order valence-electron chi connectivity index (χ0n) is 22.7. The van der Waals surface area contributed by atoms with E-state index < -0.39 is 5.91 Å². The number of amides is 1. The van der Waals surface area contributed by atoms with Crippen molar-refractivity contribution < 1.29 is 14.3 Å². The third-order valence-electron chi connectivity index (χ3n) is 6.75. The highest BCUT2D eigenvalue weighted by molar-refractivity contribution is 6.31. The molecule has 5 aromatic rings. The normalized spacial score (nSPS) is 11.1. The van der Waals surface area contributed by atoms with Crippen molar-refractivity contribution in [3.63, 3.8) is 0 Å². The molecule has 7 heteroatoms. The lowest BCUT2D eigenvalue weighted by molar-refractivity contribution is -0.112. The van der Waals surface area contributed by atoms with E-state index in [1.165, 1.54) is 6.08 Å². The number of nitrogens with zero attached hydrogens (tertiary/aromatic N) is 1. The van der Waals surface area contributed by atoms with Crippen molar-refractivity contribution in [3.8, 4) is 17.6 Å². The van der Waals surface area contributed by atoms with Gasteiger partial charge in [-0.25, -0.2) is 0 Å². The molecule has 208 valence electrons. The van der Waals surface area contributed by atoms with Gasteiger partial charge in [-0.3, -0.25) is 4.79 Å². The molecule has 0 fully saturated rings. The molecular weight excluding hydrogens is 567 g/mol. The first-order valence-electron chi connectivity index (χ1n) is 13.2. The van der Waals surface area contributed by atoms with Gasteiger partial charge in [-0.05, 0) is 77.9 Å². The van der Waals surface area contributed by atoms with Crippen LogP contribution in [0.15, 0.2) is 109 Å². The Morgan fingerprint density at radius 1 is 0.881 bits per heavy atom. The van der Waals surface area contributed by atoms with Crippen molar-refractivity contribution in [3.05, 3.63) is 141 Å². The maximum absolute atomic E-state index is 13.0. The molecule has 0 atom stereocenters. The number of rotatable bonds is 9. The van der Waals surface area contributed by atoms with Crippen molar-refractivity contribution >= 4 is 51.6 Å². The van der Waals surface area contributed by atoms with Crippen LogP contribution >= 0.6 is 23.2 Å². The van der Waals surface area contributed by atoms with Gasteiger partial charge < -0.3 is 14.8 Å². The quantitative estimate of drug-likeness (QED) is 0.137. The van der Waals surface area contributed by atoms with E-state index in [0.29, 0.717) is 46.0 Å². The molecule has 0 spiro atoms. The number of halogens is 2. The molecule has 0 aromatic heterocycles. The molecule has 1 N–H and O–H groups in total. The van der Waals surface area contributed by atoms with Gasteiger partial charge in [-0.1, -0.05) is 77.8 Å². The van der Waals surface area contributed by atoms with Crippen molar-refractivity contribution in [2.24, 2.45) is 0 Å². The molecule has 0 saturated carbocycles. The van der Waals surface area contributed by atoms with Crippen LogP contribution in [0.1, 0.15) is 22.3 Å². The number of nitrogens with one attached hydrogen (secondary N) is 1. The minimum atomic E-state index is -0.557. The number of ether oxygens (including phenoxy) is 2. The standard InChI is InChI=1S/C35H26Cl2N2O3/c1-23-10-11-24-6-2-4-8-31(24)32(23)22-42-34-17-12-28(36)19-26(34)18-27(20-38)35(40)39-29-13-15-30(16-14-29)41-21-25-7-3-5-9-33(25)37/h2-19H,21-22H2,1H3,(H,39,40)/b27-18+. The van der Waals surface area contributed by atoms with Crippen LogP contribution in [0.4, 0.5) is 5.69 Å². The average Bonchev–Trinajstić information content (AvgIpc) is 3.00. The molecule has 0 aliphatic carbocycles. The Morgan fingerprint density at radius 2 is 1.64 bits per heavy atom. The summed E-state index contributed by atoms with van der Waals surface area (Å²) in [6.45, 7) is 2.68. The molecule has 0 aliphatic heterocycles. The fourth-order valence-corrected chi connectivity index (χ4v) is 4.83. The Morgan fingerprint density at radius 3 is 2.43 bits per heavy atom. The summed E-state index contributed by atoms with van der Waals surface area (Å²) in [6.07, 6.45) is 1.48. The largest absolute Gasteiger partial charge is 0.489 e. The van der Waals surface area contributed by atoms with Gasteiger partial charge in [-0.15, -0.1) is 0 Å². The van der Waals surface area contributed by atoms with Crippen LogP contribution < -0.4 is 14.8 Å². The molecule has 0 bridgehead atoms. The number of fused-ring (bicyclic) bond motifs is 1. The lowest BCUT2D eigenvalue weighted by Crippen LogP contribution is -2.13. The Hall–Kier alpha value is -4.76. The molecule has 0 heterocycles. The van der Waals surface area contributed by atoms with Gasteiger partial charge in [-0.2, -0.15) is 5.26 Å². The third kappa shape index (κ3) is 6.92. The van der Waals surface area contributed by atoms with E-state index in [9.17, 15) is 10.1 Å². The molecule has 5 aromatic carbocycles.